The zero-order valence-corrected chi connectivity index (χ0v) is 31.1. The van der Waals surface area contributed by atoms with Gasteiger partial charge >= 0.3 is 0 Å². The van der Waals surface area contributed by atoms with Crippen LogP contribution in [0.1, 0.15) is 55.5 Å². The van der Waals surface area contributed by atoms with E-state index in [4.69, 9.17) is 0 Å². The summed E-state index contributed by atoms with van der Waals surface area (Å²) in [6, 6.07) is 60.4. The van der Waals surface area contributed by atoms with E-state index in [1.807, 2.05) is 19.9 Å². The van der Waals surface area contributed by atoms with Gasteiger partial charge in [0, 0.05) is 21.9 Å². The van der Waals surface area contributed by atoms with Crippen LogP contribution in [0, 0.1) is 20.8 Å². The molecule has 1 aromatic heterocycles. The van der Waals surface area contributed by atoms with Gasteiger partial charge in [0.25, 0.3) is 0 Å². The van der Waals surface area contributed by atoms with Crippen molar-refractivity contribution in [2.45, 2.75) is 53.9 Å². The fourth-order valence-electron chi connectivity index (χ4n) is 7.15. The van der Waals surface area contributed by atoms with Gasteiger partial charge in [0.05, 0.1) is 11.0 Å². The summed E-state index contributed by atoms with van der Waals surface area (Å²) < 4.78 is 2.34. The monoisotopic (exact) mass is 663 g/mol. The summed E-state index contributed by atoms with van der Waals surface area (Å²) in [5, 5.41) is 2.63. The van der Waals surface area contributed by atoms with Gasteiger partial charge in [-0.1, -0.05) is 184 Å². The third-order valence-electron chi connectivity index (χ3n) is 9.74. The van der Waals surface area contributed by atoms with Crippen LogP contribution in [0.15, 0.2) is 170 Å². The van der Waals surface area contributed by atoms with Crippen molar-refractivity contribution in [2.24, 2.45) is 0 Å². The summed E-state index contributed by atoms with van der Waals surface area (Å²) in [5.41, 5.74) is 16.1. The molecular weight excluding hydrogens is 615 g/mol. The highest BCUT2D eigenvalue weighted by Crippen LogP contribution is 2.48. The molecule has 1 nitrogen and oxygen atoms in total. The molecule has 0 atom stereocenters. The highest BCUT2D eigenvalue weighted by Gasteiger charge is 2.34. The molecule has 1 aliphatic rings. The molecule has 254 valence electrons. The molecule has 0 spiro atoms. The maximum absolute atomic E-state index is 2.34. The third kappa shape index (κ3) is 7.30. The number of hydrogen-bond acceptors (Lipinski definition) is 0. The van der Waals surface area contributed by atoms with E-state index in [9.17, 15) is 0 Å². The van der Waals surface area contributed by atoms with Crippen LogP contribution < -0.4 is 0 Å². The average Bonchev–Trinajstić information content (AvgIpc) is 3.61. The molecule has 0 aliphatic heterocycles. The van der Waals surface area contributed by atoms with E-state index in [-0.39, 0.29) is 5.41 Å². The van der Waals surface area contributed by atoms with Crippen molar-refractivity contribution in [3.8, 4) is 27.9 Å². The number of para-hydroxylation sites is 2. The number of hydrogen-bond donors (Lipinski definition) is 0. The zero-order valence-electron chi connectivity index (χ0n) is 31.1. The molecule has 0 saturated heterocycles. The smallest absolute Gasteiger partial charge is 0.0543 e. The van der Waals surface area contributed by atoms with E-state index >= 15 is 0 Å². The van der Waals surface area contributed by atoms with Gasteiger partial charge in [0.15, 0.2) is 0 Å². The van der Waals surface area contributed by atoms with Gasteiger partial charge in [-0.05, 0) is 84.0 Å². The van der Waals surface area contributed by atoms with Gasteiger partial charge < -0.3 is 4.57 Å². The second-order valence-corrected chi connectivity index (χ2v) is 13.7. The molecule has 0 N–H and O–H groups in total. The number of nitrogens with zero attached hydrogens (tertiary/aromatic N) is 1. The van der Waals surface area contributed by atoms with E-state index in [2.05, 4.69) is 203 Å². The van der Waals surface area contributed by atoms with Crippen LogP contribution in [-0.4, -0.2) is 4.57 Å². The molecule has 7 aromatic carbocycles. The molecule has 51 heavy (non-hydrogen) atoms. The van der Waals surface area contributed by atoms with E-state index in [1.165, 1.54) is 77.6 Å². The molecular formula is C50H49N. The van der Waals surface area contributed by atoms with Crippen molar-refractivity contribution in [3.63, 3.8) is 0 Å². The number of benzene rings is 7. The highest BCUT2D eigenvalue weighted by molar-refractivity contribution is 6.09. The molecule has 8 aromatic rings. The lowest BCUT2D eigenvalue weighted by Gasteiger charge is -2.21. The lowest BCUT2D eigenvalue weighted by atomic mass is 9.82. The van der Waals surface area contributed by atoms with Crippen LogP contribution in [0.25, 0.3) is 49.7 Å². The Balaban J connectivity index is 0.000000132. The quantitative estimate of drug-likeness (QED) is 0.173. The van der Waals surface area contributed by atoms with Crippen LogP contribution in [0.3, 0.4) is 0 Å². The molecule has 1 heteroatoms. The van der Waals surface area contributed by atoms with Crippen LogP contribution in [-0.2, 0) is 5.41 Å². The standard InChI is InChI=1S/C19H15N.C16H16.C13H12.C2H6/c1-14-11-12-17-16-9-5-6-10-18(16)20(19(17)13-14)15-7-3-2-4-8-15;1-11-8-9-15-13(10-11)12-6-4-5-7-14(12)16(15,2)3;1-11-7-9-13(10-8-11)12-5-3-2-4-6-12;1-2/h2-13H,1H3;4-10H,1-3H3;2-10H,1H3;1-2H3. The summed E-state index contributed by atoms with van der Waals surface area (Å²) in [4.78, 5) is 0. The van der Waals surface area contributed by atoms with Crippen molar-refractivity contribution in [2.75, 3.05) is 0 Å². The molecule has 9 rings (SSSR count). The second kappa shape index (κ2) is 15.5. The first-order valence-electron chi connectivity index (χ1n) is 18.2. The Morgan fingerprint density at radius 3 is 1.63 bits per heavy atom. The fraction of sp³-hybridized carbons (Fsp3) is 0.160. The zero-order chi connectivity index (χ0) is 36.0. The van der Waals surface area contributed by atoms with Gasteiger partial charge in [-0.3, -0.25) is 0 Å². The maximum Gasteiger partial charge on any atom is 0.0543 e. The maximum atomic E-state index is 2.34. The van der Waals surface area contributed by atoms with E-state index in [0.29, 0.717) is 0 Å². The van der Waals surface area contributed by atoms with Crippen molar-refractivity contribution in [3.05, 3.63) is 198 Å². The Morgan fingerprint density at radius 2 is 0.902 bits per heavy atom. The summed E-state index contributed by atoms with van der Waals surface area (Å²) in [5.74, 6) is 0. The predicted octanol–water partition coefficient (Wildman–Crippen LogP) is 14.1. The van der Waals surface area contributed by atoms with Crippen molar-refractivity contribution >= 4 is 21.8 Å². The number of rotatable bonds is 2. The number of aryl methyl sites for hydroxylation is 3. The van der Waals surface area contributed by atoms with Crippen molar-refractivity contribution in [1.29, 1.82) is 0 Å². The lowest BCUT2D eigenvalue weighted by Crippen LogP contribution is -2.14. The van der Waals surface area contributed by atoms with Crippen LogP contribution in [0.2, 0.25) is 0 Å². The van der Waals surface area contributed by atoms with Crippen LogP contribution >= 0.6 is 0 Å². The third-order valence-corrected chi connectivity index (χ3v) is 9.74. The Bertz CT molecular complexity index is 2360. The summed E-state index contributed by atoms with van der Waals surface area (Å²) in [6.45, 7) is 15.0. The van der Waals surface area contributed by atoms with Crippen LogP contribution in [0.5, 0.6) is 0 Å². The van der Waals surface area contributed by atoms with Gasteiger partial charge in [-0.15, -0.1) is 0 Å². The highest BCUT2D eigenvalue weighted by atomic mass is 15.0. The minimum Gasteiger partial charge on any atom is -0.309 e. The summed E-state index contributed by atoms with van der Waals surface area (Å²) in [7, 11) is 0. The van der Waals surface area contributed by atoms with Crippen molar-refractivity contribution < 1.29 is 0 Å². The Kier molecular flexibility index (Phi) is 10.7. The lowest BCUT2D eigenvalue weighted by molar-refractivity contribution is 0.660. The summed E-state index contributed by atoms with van der Waals surface area (Å²) >= 11 is 0. The molecule has 0 saturated carbocycles. The average molecular weight is 664 g/mol. The molecule has 1 heterocycles. The van der Waals surface area contributed by atoms with Crippen LogP contribution in [0.4, 0.5) is 0 Å². The molecule has 0 fully saturated rings. The normalized spacial score (nSPS) is 12.0. The van der Waals surface area contributed by atoms with E-state index in [1.54, 1.807) is 0 Å². The largest absolute Gasteiger partial charge is 0.309 e. The minimum absolute atomic E-state index is 0.152. The fourth-order valence-corrected chi connectivity index (χ4v) is 7.15. The second-order valence-electron chi connectivity index (χ2n) is 13.7. The van der Waals surface area contributed by atoms with Gasteiger partial charge in [-0.2, -0.15) is 0 Å². The molecule has 1 aliphatic carbocycles. The van der Waals surface area contributed by atoms with Gasteiger partial charge in [0.2, 0.25) is 0 Å². The predicted molar refractivity (Wildman–Crippen MR) is 222 cm³/mol. The first kappa shape index (κ1) is 35.2. The van der Waals surface area contributed by atoms with Gasteiger partial charge in [0.1, 0.15) is 0 Å². The first-order valence-corrected chi connectivity index (χ1v) is 18.2. The number of fused-ring (bicyclic) bond motifs is 6. The first-order chi connectivity index (χ1) is 24.8. The Labute approximate surface area is 304 Å². The van der Waals surface area contributed by atoms with E-state index < -0.39 is 0 Å². The topological polar surface area (TPSA) is 4.93 Å². The van der Waals surface area contributed by atoms with Gasteiger partial charge in [-0.25, -0.2) is 0 Å². The Morgan fingerprint density at radius 1 is 0.392 bits per heavy atom. The number of aromatic nitrogens is 1. The van der Waals surface area contributed by atoms with Crippen molar-refractivity contribution in [1.82, 2.24) is 4.57 Å². The minimum atomic E-state index is 0.152. The molecule has 0 radical (unpaired) electrons. The SMILES string of the molecule is CC.Cc1ccc(-c2ccccc2)cc1.Cc1ccc2c(c1)-c1ccccc1C2(C)C.Cc1ccc2c3ccccc3n(-c3ccccc3)c2c1. The summed E-state index contributed by atoms with van der Waals surface area (Å²) in [6.07, 6.45) is 0. The molecule has 0 unspecified atom stereocenters. The molecule has 0 bridgehead atoms. The molecule has 0 amide bonds. The Hall–Kier alpha value is -5.66. The van der Waals surface area contributed by atoms with E-state index in [0.717, 1.165) is 0 Å².